The van der Waals surface area contributed by atoms with Crippen LogP contribution < -0.4 is 4.90 Å². The number of carbonyl (C=O) groups is 1. The fourth-order valence-corrected chi connectivity index (χ4v) is 4.42. The van der Waals surface area contributed by atoms with Crippen molar-refractivity contribution < 1.29 is 4.79 Å². The Kier molecular flexibility index (Phi) is 5.62. The van der Waals surface area contributed by atoms with Crippen LogP contribution in [-0.4, -0.2) is 52.8 Å². The van der Waals surface area contributed by atoms with E-state index in [0.717, 1.165) is 39.4 Å². The van der Waals surface area contributed by atoms with E-state index in [4.69, 9.17) is 4.98 Å². The Morgan fingerprint density at radius 3 is 2.52 bits per heavy atom. The predicted molar refractivity (Wildman–Crippen MR) is 112 cm³/mol. The molecule has 0 fully saturated rings. The summed E-state index contributed by atoms with van der Waals surface area (Å²) in [6, 6.07) is 4.27. The van der Waals surface area contributed by atoms with Crippen LogP contribution in [0, 0.1) is 20.8 Å². The number of aryl methyl sites for hydroxylation is 4. The number of anilines is 1. The van der Waals surface area contributed by atoms with Crippen LogP contribution in [0.3, 0.4) is 0 Å². The van der Waals surface area contributed by atoms with E-state index in [1.54, 1.807) is 20.9 Å². The van der Waals surface area contributed by atoms with Gasteiger partial charge >= 0.3 is 0 Å². The predicted octanol–water partition coefficient (Wildman–Crippen LogP) is 3.55. The van der Waals surface area contributed by atoms with Gasteiger partial charge in [0.1, 0.15) is 0 Å². The van der Waals surface area contributed by atoms with Crippen LogP contribution in [-0.2, 0) is 7.05 Å². The second kappa shape index (κ2) is 7.78. The molecule has 1 aromatic carbocycles. The number of fused-ring (bicyclic) bond motifs is 1. The number of hydrogen-bond donors (Lipinski definition) is 0. The van der Waals surface area contributed by atoms with Gasteiger partial charge in [0.15, 0.2) is 10.8 Å². The van der Waals surface area contributed by atoms with Gasteiger partial charge in [-0.2, -0.15) is 5.10 Å². The quantitative estimate of drug-likeness (QED) is 0.651. The third kappa shape index (κ3) is 4.20. The highest BCUT2D eigenvalue weighted by Crippen LogP contribution is 2.32. The summed E-state index contributed by atoms with van der Waals surface area (Å²) in [7, 11) is 5.92. The van der Waals surface area contributed by atoms with E-state index in [9.17, 15) is 4.79 Å². The molecule has 7 heteroatoms. The summed E-state index contributed by atoms with van der Waals surface area (Å²) < 4.78 is 2.80. The van der Waals surface area contributed by atoms with Crippen molar-refractivity contribution in [2.75, 3.05) is 32.1 Å². The SMILES string of the molecule is Cc1cc(C)c2nc(N(CCCN(C)C)C(=O)c3nn(C)cc3C)sc2c1. The van der Waals surface area contributed by atoms with Gasteiger partial charge in [0.2, 0.25) is 0 Å². The molecule has 1 amide bonds. The first kappa shape index (κ1) is 19.5. The minimum absolute atomic E-state index is 0.0831. The van der Waals surface area contributed by atoms with E-state index < -0.39 is 0 Å². The van der Waals surface area contributed by atoms with Crippen LogP contribution in [0.1, 0.15) is 33.6 Å². The molecule has 0 bridgehead atoms. The fourth-order valence-electron chi connectivity index (χ4n) is 3.25. The summed E-state index contributed by atoms with van der Waals surface area (Å²) in [6.45, 7) is 7.60. The summed E-state index contributed by atoms with van der Waals surface area (Å²) in [6.07, 6.45) is 2.75. The summed E-state index contributed by atoms with van der Waals surface area (Å²) >= 11 is 1.57. The van der Waals surface area contributed by atoms with Crippen LogP contribution in [0.15, 0.2) is 18.3 Å². The molecular weight excluding hydrogens is 358 g/mol. The molecule has 0 aliphatic rings. The standard InChI is InChI=1S/C20H27N5OS/c1-13-10-14(2)17-16(11-13)27-20(21-17)25(9-7-8-23(4)5)19(26)18-15(3)12-24(6)22-18/h10-12H,7-9H2,1-6H3. The number of aromatic nitrogens is 3. The van der Waals surface area contributed by atoms with Crippen LogP contribution in [0.4, 0.5) is 5.13 Å². The third-order valence-electron chi connectivity index (χ3n) is 4.50. The summed E-state index contributed by atoms with van der Waals surface area (Å²) in [5.74, 6) is -0.0831. The number of carbonyl (C=O) groups excluding carboxylic acids is 1. The topological polar surface area (TPSA) is 54.3 Å². The van der Waals surface area contributed by atoms with Crippen LogP contribution in [0.2, 0.25) is 0 Å². The van der Waals surface area contributed by atoms with Gasteiger partial charge in [-0.15, -0.1) is 0 Å². The zero-order valence-corrected chi connectivity index (χ0v) is 17.7. The molecule has 2 aromatic heterocycles. The molecule has 0 saturated carbocycles. The summed E-state index contributed by atoms with van der Waals surface area (Å²) in [4.78, 5) is 22.0. The molecule has 0 atom stereocenters. The van der Waals surface area contributed by atoms with Gasteiger partial charge in [0, 0.05) is 25.4 Å². The molecule has 2 heterocycles. The number of thiazole rings is 1. The zero-order chi connectivity index (χ0) is 19.7. The second-order valence-electron chi connectivity index (χ2n) is 7.37. The molecular formula is C20H27N5OS. The molecule has 0 saturated heterocycles. The van der Waals surface area contributed by atoms with E-state index in [1.165, 1.54) is 5.56 Å². The average Bonchev–Trinajstić information content (AvgIpc) is 3.13. The number of benzene rings is 1. The van der Waals surface area contributed by atoms with E-state index in [2.05, 4.69) is 36.0 Å². The maximum Gasteiger partial charge on any atom is 0.280 e. The lowest BCUT2D eigenvalue weighted by atomic mass is 10.1. The Morgan fingerprint density at radius 2 is 1.89 bits per heavy atom. The Hall–Kier alpha value is -2.25. The van der Waals surface area contributed by atoms with Crippen LogP contribution in [0.5, 0.6) is 0 Å². The lowest BCUT2D eigenvalue weighted by Crippen LogP contribution is -2.34. The molecule has 0 N–H and O–H groups in total. The molecule has 0 spiro atoms. The Labute approximate surface area is 164 Å². The largest absolute Gasteiger partial charge is 0.309 e. The number of rotatable bonds is 6. The molecule has 144 valence electrons. The second-order valence-corrected chi connectivity index (χ2v) is 8.38. The van der Waals surface area contributed by atoms with Gasteiger partial charge in [-0.05, 0) is 65.0 Å². The first-order chi connectivity index (χ1) is 12.8. The minimum atomic E-state index is -0.0831. The van der Waals surface area contributed by atoms with Crippen molar-refractivity contribution in [2.45, 2.75) is 27.2 Å². The van der Waals surface area contributed by atoms with Gasteiger partial charge in [0.05, 0.1) is 10.2 Å². The van der Waals surface area contributed by atoms with Crippen molar-refractivity contribution in [3.63, 3.8) is 0 Å². The molecule has 3 rings (SSSR count). The van der Waals surface area contributed by atoms with Crippen molar-refractivity contribution in [1.82, 2.24) is 19.7 Å². The van der Waals surface area contributed by atoms with Gasteiger partial charge in [-0.25, -0.2) is 4.98 Å². The Balaban J connectivity index is 2.00. The monoisotopic (exact) mass is 385 g/mol. The minimum Gasteiger partial charge on any atom is -0.309 e. The first-order valence-corrected chi connectivity index (χ1v) is 9.92. The van der Waals surface area contributed by atoms with E-state index >= 15 is 0 Å². The van der Waals surface area contributed by atoms with E-state index in [-0.39, 0.29) is 5.91 Å². The number of amides is 1. The smallest absolute Gasteiger partial charge is 0.280 e. The first-order valence-electron chi connectivity index (χ1n) is 9.11. The van der Waals surface area contributed by atoms with Crippen LogP contribution in [0.25, 0.3) is 10.2 Å². The van der Waals surface area contributed by atoms with Gasteiger partial charge < -0.3 is 4.90 Å². The maximum absolute atomic E-state index is 13.3. The van der Waals surface area contributed by atoms with E-state index in [0.29, 0.717) is 12.2 Å². The summed E-state index contributed by atoms with van der Waals surface area (Å²) in [5, 5.41) is 5.12. The lowest BCUT2D eigenvalue weighted by molar-refractivity contribution is 0.0980. The Bertz CT molecular complexity index is 972. The lowest BCUT2D eigenvalue weighted by Gasteiger charge is -2.20. The Morgan fingerprint density at radius 1 is 1.15 bits per heavy atom. The molecule has 0 radical (unpaired) electrons. The maximum atomic E-state index is 13.3. The van der Waals surface area contributed by atoms with Crippen LogP contribution >= 0.6 is 11.3 Å². The highest BCUT2D eigenvalue weighted by atomic mass is 32.1. The molecule has 0 aliphatic carbocycles. The number of hydrogen-bond acceptors (Lipinski definition) is 5. The normalized spacial score (nSPS) is 11.5. The fraction of sp³-hybridized carbons (Fsp3) is 0.450. The van der Waals surface area contributed by atoms with Crippen molar-refractivity contribution >= 4 is 32.6 Å². The molecule has 6 nitrogen and oxygen atoms in total. The summed E-state index contributed by atoms with van der Waals surface area (Å²) in [5.41, 5.74) is 4.70. The highest BCUT2D eigenvalue weighted by Gasteiger charge is 2.25. The van der Waals surface area contributed by atoms with Gasteiger partial charge in [-0.3, -0.25) is 14.4 Å². The zero-order valence-electron chi connectivity index (χ0n) is 16.9. The van der Waals surface area contributed by atoms with E-state index in [1.807, 2.05) is 34.3 Å². The highest BCUT2D eigenvalue weighted by molar-refractivity contribution is 7.22. The average molecular weight is 386 g/mol. The molecule has 0 unspecified atom stereocenters. The van der Waals surface area contributed by atoms with Crippen molar-refractivity contribution in [3.05, 3.63) is 40.7 Å². The van der Waals surface area contributed by atoms with Gasteiger partial charge in [-0.1, -0.05) is 17.4 Å². The molecule has 27 heavy (non-hydrogen) atoms. The van der Waals surface area contributed by atoms with Crippen molar-refractivity contribution in [2.24, 2.45) is 7.05 Å². The molecule has 0 aliphatic heterocycles. The molecule has 3 aromatic rings. The number of nitrogens with zero attached hydrogens (tertiary/aromatic N) is 5. The third-order valence-corrected chi connectivity index (χ3v) is 5.52. The van der Waals surface area contributed by atoms with Gasteiger partial charge in [0.25, 0.3) is 5.91 Å². The van der Waals surface area contributed by atoms with Crippen molar-refractivity contribution in [3.8, 4) is 0 Å². The van der Waals surface area contributed by atoms with Crippen molar-refractivity contribution in [1.29, 1.82) is 0 Å².